The normalized spacial score (nSPS) is 12.4. The third kappa shape index (κ3) is 4.24. The van der Waals surface area contributed by atoms with E-state index in [1.807, 2.05) is 18.2 Å². The second-order valence-corrected chi connectivity index (χ2v) is 6.81. The monoisotopic (exact) mass is 320 g/mol. The fourth-order valence-corrected chi connectivity index (χ4v) is 3.60. The summed E-state index contributed by atoms with van der Waals surface area (Å²) in [7, 11) is 0. The molecule has 0 aliphatic carbocycles. The molecule has 21 heavy (non-hydrogen) atoms. The van der Waals surface area contributed by atoms with Crippen LogP contribution in [0.1, 0.15) is 28.3 Å². The van der Waals surface area contributed by atoms with Crippen LogP contribution in [0.4, 0.5) is 0 Å². The van der Waals surface area contributed by atoms with Gasteiger partial charge >= 0.3 is 0 Å². The Kier molecular flexibility index (Phi) is 5.71. The minimum Gasteiger partial charge on any atom is -0.271 e. The molecule has 0 aliphatic heterocycles. The predicted octanol–water partition coefficient (Wildman–Crippen LogP) is 4.56. The van der Waals surface area contributed by atoms with Gasteiger partial charge in [-0.1, -0.05) is 29.8 Å². The molecule has 4 heteroatoms. The minimum atomic E-state index is 0.119. The van der Waals surface area contributed by atoms with E-state index in [-0.39, 0.29) is 6.04 Å². The second-order valence-electron chi connectivity index (χ2n) is 5.28. The summed E-state index contributed by atoms with van der Waals surface area (Å²) in [6, 6.07) is 12.5. The van der Waals surface area contributed by atoms with Crippen LogP contribution in [-0.2, 0) is 0 Å². The summed E-state index contributed by atoms with van der Waals surface area (Å²) in [5, 5.41) is 0.764. The zero-order valence-corrected chi connectivity index (χ0v) is 14.2. The van der Waals surface area contributed by atoms with Gasteiger partial charge in [0.2, 0.25) is 0 Å². The fourth-order valence-electron chi connectivity index (χ4n) is 2.32. The first-order valence-electron chi connectivity index (χ1n) is 6.93. The molecule has 0 aromatic heterocycles. The molecule has 1 atom stereocenters. The third-order valence-electron chi connectivity index (χ3n) is 3.67. The van der Waals surface area contributed by atoms with Gasteiger partial charge in [-0.15, -0.1) is 11.8 Å². The summed E-state index contributed by atoms with van der Waals surface area (Å²) in [6.07, 6.45) is 0. The van der Waals surface area contributed by atoms with Gasteiger partial charge in [0.1, 0.15) is 0 Å². The molecule has 3 N–H and O–H groups in total. The number of hydrogen-bond donors (Lipinski definition) is 2. The van der Waals surface area contributed by atoms with E-state index in [0.29, 0.717) is 0 Å². The van der Waals surface area contributed by atoms with Gasteiger partial charge in [0.25, 0.3) is 0 Å². The highest BCUT2D eigenvalue weighted by Gasteiger charge is 2.14. The van der Waals surface area contributed by atoms with Gasteiger partial charge in [-0.25, -0.2) is 0 Å². The number of hydrogen-bond acceptors (Lipinski definition) is 3. The van der Waals surface area contributed by atoms with Gasteiger partial charge in [0.15, 0.2) is 0 Å². The molecule has 2 aromatic carbocycles. The van der Waals surface area contributed by atoms with Crippen LogP contribution in [0.15, 0.2) is 41.3 Å². The zero-order chi connectivity index (χ0) is 15.4. The Hall–Kier alpha value is -1.00. The molecule has 0 saturated carbocycles. The molecule has 0 saturated heterocycles. The summed E-state index contributed by atoms with van der Waals surface area (Å²) in [4.78, 5) is 1.16. The van der Waals surface area contributed by atoms with Gasteiger partial charge in [-0.3, -0.25) is 11.3 Å². The molecule has 1 unspecified atom stereocenters. The number of thioether (sulfide) groups is 1. The molecule has 0 spiro atoms. The van der Waals surface area contributed by atoms with E-state index in [0.717, 1.165) is 15.7 Å². The van der Waals surface area contributed by atoms with Crippen LogP contribution in [0.5, 0.6) is 0 Å². The van der Waals surface area contributed by atoms with E-state index < -0.39 is 0 Å². The molecule has 0 fully saturated rings. The van der Waals surface area contributed by atoms with Crippen LogP contribution in [0.3, 0.4) is 0 Å². The lowest BCUT2D eigenvalue weighted by Gasteiger charge is -2.20. The second kappa shape index (κ2) is 7.32. The standard InChI is InChI=1S/C17H21ClN2S/c1-11-7-13(3)16(8-12(11)2)17(20-19)10-21-15-6-4-5-14(18)9-15/h4-9,17,20H,10,19H2,1-3H3. The Balaban J connectivity index is 2.15. The molecule has 0 bridgehead atoms. The van der Waals surface area contributed by atoms with Crippen molar-refractivity contribution >= 4 is 23.4 Å². The van der Waals surface area contributed by atoms with E-state index in [1.54, 1.807) is 11.8 Å². The summed E-state index contributed by atoms with van der Waals surface area (Å²) >= 11 is 7.77. The molecule has 0 radical (unpaired) electrons. The first-order valence-corrected chi connectivity index (χ1v) is 8.30. The average Bonchev–Trinajstić information content (AvgIpc) is 2.45. The van der Waals surface area contributed by atoms with Crippen molar-refractivity contribution in [2.75, 3.05) is 5.75 Å². The van der Waals surface area contributed by atoms with Gasteiger partial charge in [-0.2, -0.15) is 0 Å². The maximum Gasteiger partial charge on any atom is 0.0556 e. The molecular formula is C17H21ClN2S. The quantitative estimate of drug-likeness (QED) is 0.482. The highest BCUT2D eigenvalue weighted by atomic mass is 35.5. The number of rotatable bonds is 5. The summed E-state index contributed by atoms with van der Waals surface area (Å²) in [5.41, 5.74) is 8.08. The number of benzene rings is 2. The van der Waals surface area contributed by atoms with Crippen molar-refractivity contribution in [2.24, 2.45) is 5.84 Å². The Morgan fingerprint density at radius 3 is 2.48 bits per heavy atom. The van der Waals surface area contributed by atoms with Crippen molar-refractivity contribution in [2.45, 2.75) is 31.7 Å². The number of nitrogens with one attached hydrogen (secondary N) is 1. The number of nitrogens with two attached hydrogens (primary N) is 1. The average molecular weight is 321 g/mol. The van der Waals surface area contributed by atoms with Crippen molar-refractivity contribution in [3.05, 3.63) is 63.7 Å². The number of hydrazine groups is 1. The van der Waals surface area contributed by atoms with Gasteiger partial charge < -0.3 is 0 Å². The third-order valence-corrected chi connectivity index (χ3v) is 4.99. The van der Waals surface area contributed by atoms with Gasteiger partial charge in [0.05, 0.1) is 6.04 Å². The lowest BCUT2D eigenvalue weighted by atomic mass is 9.97. The Morgan fingerprint density at radius 1 is 1.10 bits per heavy atom. The molecule has 2 nitrogen and oxygen atoms in total. The molecule has 2 aromatic rings. The maximum absolute atomic E-state index is 6.02. The van der Waals surface area contributed by atoms with Crippen LogP contribution in [-0.4, -0.2) is 5.75 Å². The van der Waals surface area contributed by atoms with E-state index >= 15 is 0 Å². The molecule has 112 valence electrons. The first kappa shape index (κ1) is 16.4. The Bertz CT molecular complexity index is 628. The summed E-state index contributed by atoms with van der Waals surface area (Å²) < 4.78 is 0. The van der Waals surface area contributed by atoms with Gasteiger partial charge in [0, 0.05) is 15.7 Å². The van der Waals surface area contributed by atoms with E-state index in [9.17, 15) is 0 Å². The SMILES string of the molecule is Cc1cc(C)c(C(CSc2cccc(Cl)c2)NN)cc1C. The van der Waals surface area contributed by atoms with Crippen LogP contribution in [0.2, 0.25) is 5.02 Å². The van der Waals surface area contributed by atoms with Crippen molar-refractivity contribution in [3.63, 3.8) is 0 Å². The lowest BCUT2D eigenvalue weighted by Crippen LogP contribution is -2.30. The van der Waals surface area contributed by atoms with Crippen LogP contribution in [0.25, 0.3) is 0 Å². The van der Waals surface area contributed by atoms with Crippen molar-refractivity contribution < 1.29 is 0 Å². The number of halogens is 1. The largest absolute Gasteiger partial charge is 0.271 e. The van der Waals surface area contributed by atoms with Crippen molar-refractivity contribution in [1.82, 2.24) is 5.43 Å². The molecule has 0 aliphatic rings. The molecular weight excluding hydrogens is 300 g/mol. The number of aryl methyl sites for hydroxylation is 3. The zero-order valence-electron chi connectivity index (χ0n) is 12.6. The molecule has 0 amide bonds. The summed E-state index contributed by atoms with van der Waals surface area (Å²) in [5.74, 6) is 6.63. The Morgan fingerprint density at radius 2 is 1.81 bits per heavy atom. The van der Waals surface area contributed by atoms with Crippen LogP contribution >= 0.6 is 23.4 Å². The molecule has 0 heterocycles. The minimum absolute atomic E-state index is 0.119. The highest BCUT2D eigenvalue weighted by molar-refractivity contribution is 7.99. The van der Waals surface area contributed by atoms with Crippen LogP contribution in [0, 0.1) is 20.8 Å². The predicted molar refractivity (Wildman–Crippen MR) is 92.9 cm³/mol. The topological polar surface area (TPSA) is 38.0 Å². The van der Waals surface area contributed by atoms with E-state index in [2.05, 4.69) is 44.4 Å². The molecule has 2 rings (SSSR count). The summed E-state index contributed by atoms with van der Waals surface area (Å²) in [6.45, 7) is 6.41. The van der Waals surface area contributed by atoms with Crippen molar-refractivity contribution in [1.29, 1.82) is 0 Å². The smallest absolute Gasteiger partial charge is 0.0556 e. The maximum atomic E-state index is 6.02. The van der Waals surface area contributed by atoms with Crippen LogP contribution < -0.4 is 11.3 Å². The van der Waals surface area contributed by atoms with E-state index in [4.69, 9.17) is 17.4 Å². The van der Waals surface area contributed by atoms with E-state index in [1.165, 1.54) is 22.3 Å². The Labute approximate surface area is 136 Å². The first-order chi connectivity index (χ1) is 10.0. The lowest BCUT2D eigenvalue weighted by molar-refractivity contribution is 0.607. The van der Waals surface area contributed by atoms with Crippen molar-refractivity contribution in [3.8, 4) is 0 Å². The highest BCUT2D eigenvalue weighted by Crippen LogP contribution is 2.28. The van der Waals surface area contributed by atoms with Gasteiger partial charge in [-0.05, 0) is 61.2 Å². The fraction of sp³-hybridized carbons (Fsp3) is 0.294.